The lowest BCUT2D eigenvalue weighted by atomic mass is 10.1. The van der Waals surface area contributed by atoms with Crippen molar-refractivity contribution in [3.63, 3.8) is 0 Å². The summed E-state index contributed by atoms with van der Waals surface area (Å²) in [5, 5.41) is 3.25. The van der Waals surface area contributed by atoms with Gasteiger partial charge in [0.2, 0.25) is 5.88 Å². The van der Waals surface area contributed by atoms with Crippen LogP contribution in [0.5, 0.6) is 5.88 Å². The lowest BCUT2D eigenvalue weighted by molar-refractivity contribution is -0.141. The summed E-state index contributed by atoms with van der Waals surface area (Å²) in [6, 6.07) is 8.16. The molecule has 0 radical (unpaired) electrons. The van der Waals surface area contributed by atoms with E-state index in [4.69, 9.17) is 21.1 Å². The number of piperazine rings is 1. The van der Waals surface area contributed by atoms with Crippen LogP contribution in [-0.4, -0.2) is 71.6 Å². The molecule has 0 spiro atoms. The van der Waals surface area contributed by atoms with Crippen molar-refractivity contribution in [1.29, 1.82) is 0 Å². The molecule has 1 saturated heterocycles. The number of benzene rings is 1. The number of hydrogen-bond donors (Lipinski definition) is 1. The average molecular weight is 493 g/mol. The third kappa shape index (κ3) is 7.04. The van der Waals surface area contributed by atoms with E-state index in [0.29, 0.717) is 30.3 Å². The number of nitrogens with zero attached hydrogens (tertiary/aromatic N) is 3. The van der Waals surface area contributed by atoms with Crippen LogP contribution in [0.25, 0.3) is 0 Å². The molecule has 1 aromatic heterocycles. The largest absolute Gasteiger partial charge is 0.466 e. The minimum atomic E-state index is -0.425. The number of esters is 1. The fraction of sp³-hybridized carbons (Fsp3) is 0.458. The normalized spacial score (nSPS) is 18.4. The number of anilines is 1. The van der Waals surface area contributed by atoms with Crippen LogP contribution in [0.4, 0.5) is 10.1 Å². The molecule has 1 aliphatic heterocycles. The third-order valence-corrected chi connectivity index (χ3v) is 5.82. The maximum atomic E-state index is 13.2. The van der Waals surface area contributed by atoms with E-state index >= 15 is 0 Å². The molecular formula is C24H30ClFN4O4. The number of halogens is 2. The summed E-state index contributed by atoms with van der Waals surface area (Å²) in [7, 11) is 0. The number of ether oxygens (including phenoxy) is 2. The summed E-state index contributed by atoms with van der Waals surface area (Å²) >= 11 is 6.02. The summed E-state index contributed by atoms with van der Waals surface area (Å²) in [5.74, 6) is -0.660. The summed E-state index contributed by atoms with van der Waals surface area (Å²) in [6.45, 7) is 7.71. The molecular weight excluding hydrogens is 463 g/mol. The molecule has 1 amide bonds. The first-order valence-electron chi connectivity index (χ1n) is 11.2. The Kier molecular flexibility index (Phi) is 9.06. The van der Waals surface area contributed by atoms with E-state index in [1.54, 1.807) is 30.0 Å². The quantitative estimate of drug-likeness (QED) is 0.537. The van der Waals surface area contributed by atoms with Gasteiger partial charge in [-0.2, -0.15) is 0 Å². The number of aromatic nitrogens is 1. The van der Waals surface area contributed by atoms with E-state index in [2.05, 4.69) is 22.1 Å². The second kappa shape index (κ2) is 12.0. The first-order valence-corrected chi connectivity index (χ1v) is 11.6. The van der Waals surface area contributed by atoms with Gasteiger partial charge in [-0.1, -0.05) is 23.7 Å². The highest BCUT2D eigenvalue weighted by atomic mass is 35.5. The molecule has 1 aromatic carbocycles. The molecule has 2 heterocycles. The summed E-state index contributed by atoms with van der Waals surface area (Å²) in [4.78, 5) is 32.8. The molecule has 1 fully saturated rings. The summed E-state index contributed by atoms with van der Waals surface area (Å²) in [6.07, 6.45) is 1.41. The van der Waals surface area contributed by atoms with Crippen LogP contribution in [0.2, 0.25) is 5.02 Å². The minimum Gasteiger partial charge on any atom is -0.466 e. The zero-order valence-electron chi connectivity index (χ0n) is 19.6. The van der Waals surface area contributed by atoms with Crippen molar-refractivity contribution in [3.8, 4) is 5.88 Å². The molecule has 2 aromatic rings. The van der Waals surface area contributed by atoms with E-state index in [0.717, 1.165) is 5.56 Å². The van der Waals surface area contributed by atoms with Crippen LogP contribution < -0.4 is 10.1 Å². The Hall–Kier alpha value is -2.91. The molecule has 3 rings (SSSR count). The van der Waals surface area contributed by atoms with Crippen LogP contribution >= 0.6 is 11.6 Å². The first kappa shape index (κ1) is 25.7. The van der Waals surface area contributed by atoms with Gasteiger partial charge in [0.05, 0.1) is 17.3 Å². The van der Waals surface area contributed by atoms with Crippen molar-refractivity contribution in [2.45, 2.75) is 39.4 Å². The fourth-order valence-corrected chi connectivity index (χ4v) is 4.01. The van der Waals surface area contributed by atoms with Gasteiger partial charge in [0, 0.05) is 37.9 Å². The molecule has 2 atom stereocenters. The lowest BCUT2D eigenvalue weighted by Crippen LogP contribution is -2.58. The molecule has 34 heavy (non-hydrogen) atoms. The zero-order chi connectivity index (χ0) is 24.7. The monoisotopic (exact) mass is 492 g/mol. The standard InChI is InChI=1S/C24H30ClFN4O4/c1-4-33-23(32)11-27-21-9-19(25)10-28-24(21)34-15-22(31)30-13-16(2)29(12-17(30)3)14-18-5-7-20(26)8-6-18/h5-10,16-17,27H,4,11-15H2,1-3H3/t16-,17+/m0/s1. The topological polar surface area (TPSA) is 84.0 Å². The Balaban J connectivity index is 1.57. The van der Waals surface area contributed by atoms with Crippen LogP contribution in [-0.2, 0) is 20.9 Å². The Labute approximate surface area is 204 Å². The van der Waals surface area contributed by atoms with Gasteiger partial charge in [0.15, 0.2) is 6.61 Å². The van der Waals surface area contributed by atoms with Crippen molar-refractivity contribution in [2.75, 3.05) is 38.2 Å². The molecule has 10 heteroatoms. The molecule has 184 valence electrons. The molecule has 0 aliphatic carbocycles. The lowest BCUT2D eigenvalue weighted by Gasteiger charge is -2.44. The number of amides is 1. The first-order chi connectivity index (χ1) is 16.3. The van der Waals surface area contributed by atoms with E-state index in [1.165, 1.54) is 18.3 Å². The minimum absolute atomic E-state index is 0.0210. The predicted molar refractivity (Wildman–Crippen MR) is 127 cm³/mol. The van der Waals surface area contributed by atoms with Gasteiger partial charge >= 0.3 is 5.97 Å². The van der Waals surface area contributed by atoms with E-state index in [9.17, 15) is 14.0 Å². The van der Waals surface area contributed by atoms with Gasteiger partial charge in [-0.05, 0) is 44.5 Å². The highest BCUT2D eigenvalue weighted by Crippen LogP contribution is 2.25. The highest BCUT2D eigenvalue weighted by Gasteiger charge is 2.32. The Morgan fingerprint density at radius 3 is 2.65 bits per heavy atom. The van der Waals surface area contributed by atoms with Crippen LogP contribution in [0.3, 0.4) is 0 Å². The molecule has 0 saturated carbocycles. The van der Waals surface area contributed by atoms with Crippen molar-refractivity contribution >= 4 is 29.2 Å². The van der Waals surface area contributed by atoms with Gasteiger partial charge in [-0.15, -0.1) is 0 Å². The van der Waals surface area contributed by atoms with Gasteiger partial charge in [-0.3, -0.25) is 14.5 Å². The number of pyridine rings is 1. The SMILES string of the molecule is CCOC(=O)CNc1cc(Cl)cnc1OCC(=O)N1C[C@H](C)N(Cc2ccc(F)cc2)C[C@H]1C. The number of carbonyl (C=O) groups excluding carboxylic acids is 2. The summed E-state index contributed by atoms with van der Waals surface area (Å²) < 4.78 is 23.8. The average Bonchev–Trinajstić information content (AvgIpc) is 2.80. The van der Waals surface area contributed by atoms with E-state index < -0.39 is 5.97 Å². The number of nitrogens with one attached hydrogen (secondary N) is 1. The summed E-state index contributed by atoms with van der Waals surface area (Å²) in [5.41, 5.74) is 1.43. The zero-order valence-corrected chi connectivity index (χ0v) is 20.3. The molecule has 8 nitrogen and oxygen atoms in total. The smallest absolute Gasteiger partial charge is 0.325 e. The Morgan fingerprint density at radius 1 is 1.21 bits per heavy atom. The third-order valence-electron chi connectivity index (χ3n) is 5.61. The van der Waals surface area contributed by atoms with Gasteiger partial charge < -0.3 is 19.7 Å². The molecule has 0 unspecified atom stereocenters. The van der Waals surface area contributed by atoms with Crippen LogP contribution in [0, 0.1) is 5.82 Å². The number of hydrogen-bond acceptors (Lipinski definition) is 7. The molecule has 1 N–H and O–H groups in total. The molecule has 0 bridgehead atoms. The molecule has 1 aliphatic rings. The van der Waals surface area contributed by atoms with Crippen molar-refractivity contribution in [2.24, 2.45) is 0 Å². The maximum absolute atomic E-state index is 13.2. The van der Waals surface area contributed by atoms with Gasteiger partial charge in [-0.25, -0.2) is 9.37 Å². The van der Waals surface area contributed by atoms with E-state index in [-0.39, 0.29) is 49.4 Å². The van der Waals surface area contributed by atoms with Crippen LogP contribution in [0.15, 0.2) is 36.5 Å². The second-order valence-electron chi connectivity index (χ2n) is 8.25. The predicted octanol–water partition coefficient (Wildman–Crippen LogP) is 3.35. The Morgan fingerprint density at radius 2 is 1.94 bits per heavy atom. The van der Waals surface area contributed by atoms with Gasteiger partial charge in [0.25, 0.3) is 5.91 Å². The number of rotatable bonds is 9. The Bertz CT molecular complexity index is 991. The maximum Gasteiger partial charge on any atom is 0.325 e. The van der Waals surface area contributed by atoms with Crippen molar-refractivity contribution in [1.82, 2.24) is 14.8 Å². The highest BCUT2D eigenvalue weighted by molar-refractivity contribution is 6.30. The van der Waals surface area contributed by atoms with E-state index in [1.807, 2.05) is 6.92 Å². The van der Waals surface area contributed by atoms with Gasteiger partial charge in [0.1, 0.15) is 12.4 Å². The van der Waals surface area contributed by atoms with Crippen LogP contribution in [0.1, 0.15) is 26.3 Å². The second-order valence-corrected chi connectivity index (χ2v) is 8.69. The van der Waals surface area contributed by atoms with Crippen molar-refractivity contribution < 1.29 is 23.5 Å². The number of carbonyl (C=O) groups is 2. The van der Waals surface area contributed by atoms with Crippen molar-refractivity contribution in [3.05, 3.63) is 52.9 Å². The fourth-order valence-electron chi connectivity index (χ4n) is 3.85.